The molecule has 1 aliphatic rings. The first-order chi connectivity index (χ1) is 12.7. The van der Waals surface area contributed by atoms with Gasteiger partial charge >= 0.3 is 0 Å². The molecule has 26 heavy (non-hydrogen) atoms. The molecule has 0 saturated carbocycles. The van der Waals surface area contributed by atoms with Gasteiger partial charge in [-0.1, -0.05) is 19.1 Å². The highest BCUT2D eigenvalue weighted by Crippen LogP contribution is 2.21. The fourth-order valence-electron chi connectivity index (χ4n) is 3.44. The number of aryl methyl sites for hydroxylation is 1. The van der Waals surface area contributed by atoms with Gasteiger partial charge in [0.25, 0.3) is 5.91 Å². The lowest BCUT2D eigenvalue weighted by Crippen LogP contribution is -2.35. The summed E-state index contributed by atoms with van der Waals surface area (Å²) in [5.74, 6) is 0.803. The maximum Gasteiger partial charge on any atom is 0.253 e. The van der Waals surface area contributed by atoms with Crippen LogP contribution in [0, 0.1) is 0 Å². The van der Waals surface area contributed by atoms with E-state index in [1.807, 2.05) is 23.1 Å². The monoisotopic (exact) mass is 348 g/mol. The van der Waals surface area contributed by atoms with E-state index >= 15 is 0 Å². The highest BCUT2D eigenvalue weighted by molar-refractivity contribution is 5.97. The summed E-state index contributed by atoms with van der Waals surface area (Å²) in [5, 5.41) is 3.29. The molecule has 2 aromatic carbocycles. The lowest BCUT2D eigenvalue weighted by molar-refractivity contribution is 0.0724. The minimum absolute atomic E-state index is 0.117. The Morgan fingerprint density at radius 2 is 1.88 bits per heavy atom. The minimum atomic E-state index is 0.117. The average molecular weight is 348 g/mol. The summed E-state index contributed by atoms with van der Waals surface area (Å²) in [6.07, 6.45) is 4.45. The Morgan fingerprint density at radius 1 is 1.12 bits per heavy atom. The van der Waals surface area contributed by atoms with Crippen LogP contribution in [0.3, 0.4) is 0 Å². The van der Waals surface area contributed by atoms with Crippen LogP contribution in [0.1, 0.15) is 42.1 Å². The fourth-order valence-corrected chi connectivity index (χ4v) is 3.44. The molecule has 0 bridgehead atoms. The Hall–Kier alpha value is -2.82. The summed E-state index contributed by atoms with van der Waals surface area (Å²) in [5.41, 5.74) is 4.75. The van der Waals surface area contributed by atoms with Crippen molar-refractivity contribution in [2.45, 2.75) is 32.6 Å². The predicted octanol–water partition coefficient (Wildman–Crippen LogP) is 4.50. The largest absolute Gasteiger partial charge is 0.339 e. The molecule has 5 heteroatoms. The number of hydrogen-bond donors (Lipinski definition) is 2. The molecule has 134 valence electrons. The Kier molecular flexibility index (Phi) is 4.61. The summed E-state index contributed by atoms with van der Waals surface area (Å²) >= 11 is 0. The third-order valence-electron chi connectivity index (χ3n) is 5.00. The lowest BCUT2D eigenvalue weighted by Gasteiger charge is -2.26. The number of anilines is 2. The number of imidazole rings is 1. The van der Waals surface area contributed by atoms with E-state index in [1.165, 1.54) is 12.0 Å². The van der Waals surface area contributed by atoms with Crippen molar-refractivity contribution in [2.24, 2.45) is 0 Å². The number of amides is 1. The lowest BCUT2D eigenvalue weighted by atomic mass is 10.1. The fraction of sp³-hybridized carbons (Fsp3) is 0.333. The highest BCUT2D eigenvalue weighted by Gasteiger charge is 2.18. The third-order valence-corrected chi connectivity index (χ3v) is 5.00. The van der Waals surface area contributed by atoms with Gasteiger partial charge in [0.2, 0.25) is 5.95 Å². The van der Waals surface area contributed by atoms with E-state index in [2.05, 4.69) is 46.5 Å². The molecule has 0 aliphatic carbocycles. The van der Waals surface area contributed by atoms with Crippen molar-refractivity contribution >= 4 is 28.6 Å². The molecule has 2 heterocycles. The number of likely N-dealkylation sites (tertiary alicyclic amines) is 1. The van der Waals surface area contributed by atoms with Crippen molar-refractivity contribution in [1.82, 2.24) is 14.9 Å². The molecule has 1 amide bonds. The Morgan fingerprint density at radius 3 is 2.62 bits per heavy atom. The van der Waals surface area contributed by atoms with Gasteiger partial charge in [-0.25, -0.2) is 4.98 Å². The van der Waals surface area contributed by atoms with Gasteiger partial charge in [-0.3, -0.25) is 4.79 Å². The van der Waals surface area contributed by atoms with Gasteiger partial charge in [0.05, 0.1) is 11.0 Å². The number of fused-ring (bicyclic) bond motifs is 1. The topological polar surface area (TPSA) is 61.0 Å². The standard InChI is InChI=1S/C21H24N4O/c1-2-15-6-9-17(10-7-15)22-21-23-18-11-8-16(14-19(18)24-21)20(26)25-12-4-3-5-13-25/h6-11,14H,2-5,12-13H2,1H3,(H2,22,23,24). The van der Waals surface area contributed by atoms with Gasteiger partial charge in [0.1, 0.15) is 0 Å². The van der Waals surface area contributed by atoms with Gasteiger partial charge in [-0.15, -0.1) is 0 Å². The molecule has 4 rings (SSSR count). The van der Waals surface area contributed by atoms with Gasteiger partial charge in [0.15, 0.2) is 0 Å². The van der Waals surface area contributed by atoms with Gasteiger partial charge in [-0.2, -0.15) is 0 Å². The molecule has 0 atom stereocenters. The Bertz CT molecular complexity index is 907. The second-order valence-electron chi connectivity index (χ2n) is 6.85. The molecule has 0 radical (unpaired) electrons. The van der Waals surface area contributed by atoms with Crippen molar-refractivity contribution in [3.8, 4) is 0 Å². The van der Waals surface area contributed by atoms with E-state index in [1.54, 1.807) is 0 Å². The van der Waals surface area contributed by atoms with Gasteiger partial charge in [-0.05, 0) is 61.6 Å². The normalized spacial score (nSPS) is 14.6. The maximum absolute atomic E-state index is 12.7. The maximum atomic E-state index is 12.7. The first-order valence-electron chi connectivity index (χ1n) is 9.38. The number of benzene rings is 2. The molecule has 0 spiro atoms. The quantitative estimate of drug-likeness (QED) is 0.730. The van der Waals surface area contributed by atoms with Crippen LogP contribution in [0.5, 0.6) is 0 Å². The van der Waals surface area contributed by atoms with Crippen LogP contribution in [0.4, 0.5) is 11.6 Å². The summed E-state index contributed by atoms with van der Waals surface area (Å²) in [4.78, 5) is 22.5. The SMILES string of the molecule is CCc1ccc(Nc2nc3ccc(C(=O)N4CCCCC4)cc3[nH]2)cc1. The van der Waals surface area contributed by atoms with Crippen molar-refractivity contribution in [1.29, 1.82) is 0 Å². The number of nitrogens with one attached hydrogen (secondary N) is 2. The average Bonchev–Trinajstić information content (AvgIpc) is 3.10. The Balaban J connectivity index is 1.54. The van der Waals surface area contributed by atoms with Crippen LogP contribution in [0.25, 0.3) is 11.0 Å². The van der Waals surface area contributed by atoms with Crippen molar-refractivity contribution in [3.05, 3.63) is 53.6 Å². The number of piperidine rings is 1. The number of nitrogens with zero attached hydrogens (tertiary/aromatic N) is 2. The number of carbonyl (C=O) groups excluding carboxylic acids is 1. The molecule has 1 aliphatic heterocycles. The van der Waals surface area contributed by atoms with E-state index in [4.69, 9.17) is 0 Å². The highest BCUT2D eigenvalue weighted by atomic mass is 16.2. The number of aromatic nitrogens is 2. The minimum Gasteiger partial charge on any atom is -0.339 e. The van der Waals surface area contributed by atoms with Gasteiger partial charge < -0.3 is 15.2 Å². The zero-order valence-corrected chi connectivity index (χ0v) is 15.1. The molecule has 2 N–H and O–H groups in total. The summed E-state index contributed by atoms with van der Waals surface area (Å²) in [6.45, 7) is 3.87. The molecule has 5 nitrogen and oxygen atoms in total. The number of hydrogen-bond acceptors (Lipinski definition) is 3. The summed E-state index contributed by atoms with van der Waals surface area (Å²) < 4.78 is 0. The van der Waals surface area contributed by atoms with E-state index in [-0.39, 0.29) is 5.91 Å². The zero-order chi connectivity index (χ0) is 17.9. The number of carbonyl (C=O) groups is 1. The van der Waals surface area contributed by atoms with E-state index in [0.29, 0.717) is 5.95 Å². The molecule has 3 aromatic rings. The van der Waals surface area contributed by atoms with E-state index in [9.17, 15) is 4.79 Å². The molecule has 1 saturated heterocycles. The van der Waals surface area contributed by atoms with Crippen LogP contribution >= 0.6 is 0 Å². The summed E-state index contributed by atoms with van der Waals surface area (Å²) in [6, 6.07) is 14.0. The number of aromatic amines is 1. The van der Waals surface area contributed by atoms with Crippen molar-refractivity contribution < 1.29 is 4.79 Å². The van der Waals surface area contributed by atoms with Crippen LogP contribution in [-0.4, -0.2) is 33.9 Å². The third kappa shape index (κ3) is 3.43. The molecule has 0 unspecified atom stereocenters. The number of H-pyrrole nitrogens is 1. The Labute approximate surface area is 153 Å². The molecular weight excluding hydrogens is 324 g/mol. The first-order valence-corrected chi connectivity index (χ1v) is 9.38. The van der Waals surface area contributed by atoms with Crippen molar-refractivity contribution in [2.75, 3.05) is 18.4 Å². The van der Waals surface area contributed by atoms with Crippen LogP contribution < -0.4 is 5.32 Å². The van der Waals surface area contributed by atoms with Crippen molar-refractivity contribution in [3.63, 3.8) is 0 Å². The molecular formula is C21H24N4O. The van der Waals surface area contributed by atoms with Crippen LogP contribution in [0.15, 0.2) is 42.5 Å². The van der Waals surface area contributed by atoms with Gasteiger partial charge in [0, 0.05) is 24.3 Å². The molecule has 1 fully saturated rings. The predicted molar refractivity (Wildman–Crippen MR) is 105 cm³/mol. The smallest absolute Gasteiger partial charge is 0.253 e. The zero-order valence-electron chi connectivity index (χ0n) is 15.1. The second kappa shape index (κ2) is 7.20. The first kappa shape index (κ1) is 16.6. The summed E-state index contributed by atoms with van der Waals surface area (Å²) in [7, 11) is 0. The van der Waals surface area contributed by atoms with Crippen LogP contribution in [0.2, 0.25) is 0 Å². The van der Waals surface area contributed by atoms with Crippen LogP contribution in [-0.2, 0) is 6.42 Å². The van der Waals surface area contributed by atoms with E-state index < -0.39 is 0 Å². The van der Waals surface area contributed by atoms with E-state index in [0.717, 1.165) is 54.6 Å². The number of rotatable bonds is 4. The molecule has 1 aromatic heterocycles. The second-order valence-corrected chi connectivity index (χ2v) is 6.85.